The molecule has 0 bridgehead atoms. The molecule has 0 aromatic heterocycles. The maximum atomic E-state index is 12.5. The van der Waals surface area contributed by atoms with Gasteiger partial charge in [0, 0.05) is 45.1 Å². The highest BCUT2D eigenvalue weighted by atomic mass is 16.7. The number of carbonyl (C=O) groups is 1. The second-order valence-electron chi connectivity index (χ2n) is 5.66. The summed E-state index contributed by atoms with van der Waals surface area (Å²) in [6.45, 7) is 0. The first-order valence-corrected chi connectivity index (χ1v) is 8.09. The zero-order chi connectivity index (χ0) is 19.1. The van der Waals surface area contributed by atoms with E-state index in [0.29, 0.717) is 11.1 Å². The van der Waals surface area contributed by atoms with E-state index in [1.807, 2.05) is 0 Å². The van der Waals surface area contributed by atoms with E-state index in [4.69, 9.17) is 18.9 Å². The highest BCUT2D eigenvalue weighted by Crippen LogP contribution is 2.24. The van der Waals surface area contributed by atoms with Gasteiger partial charge in [-0.3, -0.25) is 4.79 Å². The molecule has 0 saturated heterocycles. The summed E-state index contributed by atoms with van der Waals surface area (Å²) < 4.78 is 20.7. The van der Waals surface area contributed by atoms with Gasteiger partial charge in [-0.25, -0.2) is 0 Å². The minimum absolute atomic E-state index is 0.384. The normalized spacial score (nSPS) is 12.6. The van der Waals surface area contributed by atoms with E-state index in [0.717, 1.165) is 11.1 Å². The van der Waals surface area contributed by atoms with E-state index in [1.165, 1.54) is 0 Å². The Balaban J connectivity index is 2.13. The topological polar surface area (TPSA) is 74.2 Å². The van der Waals surface area contributed by atoms with Crippen molar-refractivity contribution in [3.63, 3.8) is 0 Å². The fourth-order valence-electron chi connectivity index (χ4n) is 2.69. The Kier molecular flexibility index (Phi) is 7.44. The van der Waals surface area contributed by atoms with Crippen molar-refractivity contribution in [3.8, 4) is 0 Å². The Morgan fingerprint density at radius 2 is 1.04 bits per heavy atom. The van der Waals surface area contributed by atoms with Gasteiger partial charge in [0.1, 0.15) is 6.10 Å². The van der Waals surface area contributed by atoms with Crippen LogP contribution >= 0.6 is 0 Å². The summed E-state index contributed by atoms with van der Waals surface area (Å²) in [4.78, 5) is 12.5. The maximum Gasteiger partial charge on any atom is 0.195 e. The van der Waals surface area contributed by atoms with Gasteiger partial charge in [0.05, 0.1) is 0 Å². The zero-order valence-electron chi connectivity index (χ0n) is 15.3. The first-order valence-electron chi connectivity index (χ1n) is 8.09. The molecule has 0 aliphatic heterocycles. The number of hydrogen-bond acceptors (Lipinski definition) is 6. The summed E-state index contributed by atoms with van der Waals surface area (Å²) >= 11 is 0. The van der Waals surface area contributed by atoms with E-state index < -0.39 is 18.7 Å². The van der Waals surface area contributed by atoms with Gasteiger partial charge in [-0.2, -0.15) is 0 Å². The van der Waals surface area contributed by atoms with Gasteiger partial charge in [-0.1, -0.05) is 48.5 Å². The molecular formula is C20H24O6. The van der Waals surface area contributed by atoms with Crippen LogP contribution in [0.4, 0.5) is 0 Å². The van der Waals surface area contributed by atoms with Gasteiger partial charge in [-0.05, 0) is 5.56 Å². The molecule has 0 aliphatic carbocycles. The molecule has 0 heterocycles. The minimum Gasteiger partial charge on any atom is -0.380 e. The third kappa shape index (κ3) is 4.55. The van der Waals surface area contributed by atoms with Crippen LogP contribution in [0.15, 0.2) is 48.5 Å². The predicted octanol–water partition coefficient (Wildman–Crippen LogP) is 3.19. The Hall–Kier alpha value is -2.09. The summed E-state index contributed by atoms with van der Waals surface area (Å²) in [5.74, 6) is -0.384. The molecule has 1 N–H and O–H groups in total. The van der Waals surface area contributed by atoms with Crippen LogP contribution in [-0.4, -0.2) is 39.3 Å². The molecule has 0 saturated carbocycles. The number of ether oxygens (including phenoxy) is 4. The van der Waals surface area contributed by atoms with E-state index in [1.54, 1.807) is 77.0 Å². The number of rotatable bonds is 9. The summed E-state index contributed by atoms with van der Waals surface area (Å²) in [7, 11) is 6.17. The van der Waals surface area contributed by atoms with Gasteiger partial charge in [0.2, 0.25) is 0 Å². The van der Waals surface area contributed by atoms with Crippen LogP contribution in [0.2, 0.25) is 0 Å². The van der Waals surface area contributed by atoms with Crippen LogP contribution in [0.1, 0.15) is 45.7 Å². The summed E-state index contributed by atoms with van der Waals surface area (Å²) in [5.41, 5.74) is 2.49. The van der Waals surface area contributed by atoms with E-state index >= 15 is 0 Å². The molecule has 0 fully saturated rings. The van der Waals surface area contributed by atoms with Crippen LogP contribution in [0, 0.1) is 0 Å². The molecule has 0 aliphatic rings. The fraction of sp³-hybridized carbons (Fsp3) is 0.350. The first kappa shape index (κ1) is 20.2. The van der Waals surface area contributed by atoms with Gasteiger partial charge < -0.3 is 24.1 Å². The lowest BCUT2D eigenvalue weighted by atomic mass is 9.98. The average Bonchev–Trinajstić information content (AvgIpc) is 2.70. The zero-order valence-corrected chi connectivity index (χ0v) is 15.3. The van der Waals surface area contributed by atoms with Crippen molar-refractivity contribution >= 4 is 5.78 Å². The fourth-order valence-corrected chi connectivity index (χ4v) is 2.69. The number of hydrogen-bond donors (Lipinski definition) is 1. The second kappa shape index (κ2) is 9.56. The quantitative estimate of drug-likeness (QED) is 0.547. The number of benzene rings is 2. The molecule has 1 atom stereocenters. The molecular weight excluding hydrogens is 336 g/mol. The van der Waals surface area contributed by atoms with E-state index in [9.17, 15) is 9.90 Å². The maximum absolute atomic E-state index is 12.5. The molecule has 2 aromatic carbocycles. The molecule has 0 spiro atoms. The highest BCUT2D eigenvalue weighted by molar-refractivity contribution is 5.99. The number of Topliss-reactive ketones (excluding diaryl/α,β-unsaturated/α-hetero) is 1. The van der Waals surface area contributed by atoms with Gasteiger partial charge in [0.25, 0.3) is 0 Å². The van der Waals surface area contributed by atoms with Crippen LogP contribution in [-0.2, 0) is 18.9 Å². The number of carbonyl (C=O) groups excluding carboxylic acids is 1. The lowest BCUT2D eigenvalue weighted by Crippen LogP contribution is -2.13. The largest absolute Gasteiger partial charge is 0.380 e. The predicted molar refractivity (Wildman–Crippen MR) is 95.7 cm³/mol. The molecule has 0 radical (unpaired) electrons. The van der Waals surface area contributed by atoms with Crippen molar-refractivity contribution in [2.24, 2.45) is 0 Å². The summed E-state index contributed by atoms with van der Waals surface area (Å²) in [6.07, 6.45) is -2.23. The molecule has 0 amide bonds. The van der Waals surface area contributed by atoms with Crippen molar-refractivity contribution in [1.29, 1.82) is 0 Å². The Morgan fingerprint density at radius 3 is 1.42 bits per heavy atom. The van der Waals surface area contributed by atoms with Gasteiger partial charge in [-0.15, -0.1) is 0 Å². The Bertz CT molecular complexity index is 687. The number of aliphatic hydroxyl groups is 1. The Morgan fingerprint density at radius 1 is 0.692 bits per heavy atom. The van der Waals surface area contributed by atoms with Crippen molar-refractivity contribution in [3.05, 3.63) is 70.8 Å². The minimum atomic E-state index is -1.25. The summed E-state index contributed by atoms with van der Waals surface area (Å²) in [6, 6.07) is 13.7. The van der Waals surface area contributed by atoms with Crippen molar-refractivity contribution in [2.75, 3.05) is 28.4 Å². The van der Waals surface area contributed by atoms with Crippen LogP contribution in [0.3, 0.4) is 0 Å². The standard InChI is InChI=1S/C20H24O6/c1-23-19(24-2)15-9-5-13(6-10-15)17(21)18(22)14-7-11-16(12-8-14)20(25-3)26-4/h5-12,17,19-21H,1-4H3. The van der Waals surface area contributed by atoms with Crippen LogP contribution < -0.4 is 0 Å². The molecule has 140 valence electrons. The number of methoxy groups -OCH3 is 4. The van der Waals surface area contributed by atoms with Gasteiger partial charge >= 0.3 is 0 Å². The molecule has 2 aromatic rings. The van der Waals surface area contributed by atoms with Crippen molar-refractivity contribution in [1.82, 2.24) is 0 Å². The third-order valence-corrected chi connectivity index (χ3v) is 4.10. The number of ketones is 1. The third-order valence-electron chi connectivity index (χ3n) is 4.10. The molecule has 26 heavy (non-hydrogen) atoms. The van der Waals surface area contributed by atoms with E-state index in [2.05, 4.69) is 0 Å². The second-order valence-corrected chi connectivity index (χ2v) is 5.66. The van der Waals surface area contributed by atoms with Crippen molar-refractivity contribution in [2.45, 2.75) is 18.7 Å². The first-order chi connectivity index (χ1) is 12.5. The molecule has 6 heteroatoms. The Labute approximate surface area is 153 Å². The number of aliphatic hydroxyl groups excluding tert-OH is 1. The average molecular weight is 360 g/mol. The highest BCUT2D eigenvalue weighted by Gasteiger charge is 2.20. The van der Waals surface area contributed by atoms with Crippen LogP contribution in [0.5, 0.6) is 0 Å². The SMILES string of the molecule is COC(OC)c1ccc(C(=O)C(O)c2ccc(C(OC)OC)cc2)cc1. The van der Waals surface area contributed by atoms with Crippen molar-refractivity contribution < 1.29 is 28.8 Å². The smallest absolute Gasteiger partial charge is 0.195 e. The molecule has 1 unspecified atom stereocenters. The van der Waals surface area contributed by atoms with Crippen LogP contribution in [0.25, 0.3) is 0 Å². The van der Waals surface area contributed by atoms with Gasteiger partial charge in [0.15, 0.2) is 18.4 Å². The summed E-state index contributed by atoms with van der Waals surface area (Å²) in [5, 5.41) is 10.4. The monoisotopic (exact) mass is 360 g/mol. The van der Waals surface area contributed by atoms with E-state index in [-0.39, 0.29) is 5.78 Å². The lowest BCUT2D eigenvalue weighted by Gasteiger charge is -2.16. The lowest BCUT2D eigenvalue weighted by molar-refractivity contribution is -0.106. The molecule has 6 nitrogen and oxygen atoms in total. The molecule has 2 rings (SSSR count).